The van der Waals surface area contributed by atoms with Crippen LogP contribution in [-0.4, -0.2) is 87.8 Å². The standard InChI is InChI=1S/C24H37N5O4S/c1-3-26(4-2)16-12-25-23(30)18-29-22-17-19(34(32,33)27-13-7-8-14-27)10-11-20(22)28-15-6-5-9-21(28)24(29)31/h10-11,17,21H,3-9,12-16,18H2,1-2H3,(H,25,30). The Kier molecular flexibility index (Phi) is 7.79. The van der Waals surface area contributed by atoms with E-state index in [1.54, 1.807) is 12.1 Å². The van der Waals surface area contributed by atoms with Crippen molar-refractivity contribution in [1.29, 1.82) is 0 Å². The molecule has 1 N–H and O–H groups in total. The van der Waals surface area contributed by atoms with Crippen LogP contribution in [-0.2, 0) is 19.6 Å². The molecule has 1 unspecified atom stereocenters. The van der Waals surface area contributed by atoms with Crippen LogP contribution >= 0.6 is 0 Å². The summed E-state index contributed by atoms with van der Waals surface area (Å²) in [4.78, 5) is 32.3. The molecule has 0 aromatic heterocycles. The van der Waals surface area contributed by atoms with Crippen molar-refractivity contribution < 1.29 is 18.0 Å². The molecule has 1 atom stereocenters. The molecule has 3 aliphatic rings. The summed E-state index contributed by atoms with van der Waals surface area (Å²) in [7, 11) is -3.63. The normalized spacial score (nSPS) is 21.0. The summed E-state index contributed by atoms with van der Waals surface area (Å²) < 4.78 is 27.9. The Morgan fingerprint density at radius 2 is 1.76 bits per heavy atom. The molecule has 2 amide bonds. The number of benzene rings is 1. The molecule has 0 spiro atoms. The first kappa shape index (κ1) is 24.9. The summed E-state index contributed by atoms with van der Waals surface area (Å²) >= 11 is 0. The molecule has 2 saturated heterocycles. The van der Waals surface area contributed by atoms with Crippen LogP contribution < -0.4 is 15.1 Å². The fourth-order valence-electron chi connectivity index (χ4n) is 5.23. The molecule has 1 aromatic rings. The Hall–Kier alpha value is -2.17. The van der Waals surface area contributed by atoms with Crippen molar-refractivity contribution >= 4 is 33.2 Å². The number of amides is 2. The molecule has 3 heterocycles. The number of fused-ring (bicyclic) bond motifs is 3. The number of carbonyl (C=O) groups excluding carboxylic acids is 2. The maximum absolute atomic E-state index is 13.5. The van der Waals surface area contributed by atoms with E-state index in [2.05, 4.69) is 29.0 Å². The van der Waals surface area contributed by atoms with Crippen LogP contribution in [0.2, 0.25) is 0 Å². The summed E-state index contributed by atoms with van der Waals surface area (Å²) in [5.74, 6) is -0.356. The van der Waals surface area contributed by atoms with Crippen LogP contribution in [0.5, 0.6) is 0 Å². The number of nitrogens with zero attached hydrogens (tertiary/aromatic N) is 4. The predicted octanol–water partition coefficient (Wildman–Crippen LogP) is 1.63. The van der Waals surface area contributed by atoms with E-state index in [4.69, 9.17) is 0 Å². The van der Waals surface area contributed by atoms with Crippen molar-refractivity contribution in [3.63, 3.8) is 0 Å². The predicted molar refractivity (Wildman–Crippen MR) is 133 cm³/mol. The largest absolute Gasteiger partial charge is 0.358 e. The van der Waals surface area contributed by atoms with Gasteiger partial charge in [0.2, 0.25) is 21.8 Å². The molecule has 0 aliphatic carbocycles. The molecular formula is C24H37N5O4S. The van der Waals surface area contributed by atoms with E-state index in [0.717, 1.165) is 64.0 Å². The highest BCUT2D eigenvalue weighted by Gasteiger charge is 2.41. The van der Waals surface area contributed by atoms with Gasteiger partial charge >= 0.3 is 0 Å². The number of carbonyl (C=O) groups is 2. The first-order chi connectivity index (χ1) is 16.4. The molecule has 10 heteroatoms. The zero-order valence-corrected chi connectivity index (χ0v) is 21.1. The lowest BCUT2D eigenvalue weighted by Gasteiger charge is -2.45. The number of hydrogen-bond donors (Lipinski definition) is 1. The lowest BCUT2D eigenvalue weighted by molar-refractivity contribution is -0.125. The minimum absolute atomic E-state index is 0.109. The second-order valence-electron chi connectivity index (χ2n) is 9.27. The van der Waals surface area contributed by atoms with Crippen molar-refractivity contribution in [2.24, 2.45) is 0 Å². The molecule has 2 fully saturated rings. The smallest absolute Gasteiger partial charge is 0.250 e. The highest BCUT2D eigenvalue weighted by molar-refractivity contribution is 7.89. The van der Waals surface area contributed by atoms with Crippen LogP contribution in [0.1, 0.15) is 46.0 Å². The zero-order chi connectivity index (χ0) is 24.3. The van der Waals surface area contributed by atoms with Gasteiger partial charge in [0, 0.05) is 32.7 Å². The molecule has 9 nitrogen and oxygen atoms in total. The van der Waals surface area contributed by atoms with Crippen LogP contribution in [0.3, 0.4) is 0 Å². The van der Waals surface area contributed by atoms with E-state index < -0.39 is 10.0 Å². The van der Waals surface area contributed by atoms with E-state index in [1.165, 1.54) is 9.21 Å². The Morgan fingerprint density at radius 3 is 2.47 bits per heavy atom. The van der Waals surface area contributed by atoms with E-state index in [1.807, 2.05) is 6.07 Å². The molecule has 4 rings (SSSR count). The van der Waals surface area contributed by atoms with Gasteiger partial charge in [-0.2, -0.15) is 4.31 Å². The Labute approximate surface area is 203 Å². The van der Waals surface area contributed by atoms with Gasteiger partial charge in [-0.05, 0) is 63.4 Å². The molecule has 0 radical (unpaired) electrons. The van der Waals surface area contributed by atoms with Gasteiger partial charge in [-0.1, -0.05) is 13.8 Å². The Bertz CT molecular complexity index is 1000. The number of nitrogens with one attached hydrogen (secondary N) is 1. The fraction of sp³-hybridized carbons (Fsp3) is 0.667. The molecular weight excluding hydrogens is 454 g/mol. The third kappa shape index (κ3) is 4.94. The molecule has 0 bridgehead atoms. The van der Waals surface area contributed by atoms with Crippen LogP contribution in [0.25, 0.3) is 0 Å². The minimum atomic E-state index is -3.63. The van der Waals surface area contributed by atoms with E-state index in [-0.39, 0.29) is 29.3 Å². The molecule has 34 heavy (non-hydrogen) atoms. The minimum Gasteiger partial charge on any atom is -0.358 e. The Morgan fingerprint density at radius 1 is 1.06 bits per heavy atom. The first-order valence-electron chi connectivity index (χ1n) is 12.6. The van der Waals surface area contributed by atoms with Crippen LogP contribution in [0, 0.1) is 0 Å². The van der Waals surface area contributed by atoms with Crippen molar-refractivity contribution in [1.82, 2.24) is 14.5 Å². The summed E-state index contributed by atoms with van der Waals surface area (Å²) in [6, 6.07) is 4.75. The Balaban J connectivity index is 1.60. The van der Waals surface area contributed by atoms with Gasteiger partial charge in [0.25, 0.3) is 0 Å². The number of anilines is 2. The van der Waals surface area contributed by atoms with Crippen molar-refractivity contribution in [2.75, 3.05) is 62.2 Å². The lowest BCUT2D eigenvalue weighted by atomic mass is 9.96. The number of rotatable bonds is 9. The number of likely N-dealkylation sites (N-methyl/N-ethyl adjacent to an activating group) is 1. The van der Waals surface area contributed by atoms with E-state index in [0.29, 0.717) is 25.3 Å². The summed E-state index contributed by atoms with van der Waals surface area (Å²) in [6.07, 6.45) is 4.42. The maximum Gasteiger partial charge on any atom is 0.250 e. The van der Waals surface area contributed by atoms with Crippen LogP contribution in [0.15, 0.2) is 23.1 Å². The van der Waals surface area contributed by atoms with Crippen molar-refractivity contribution in [3.05, 3.63) is 18.2 Å². The van der Waals surface area contributed by atoms with E-state index >= 15 is 0 Å². The summed E-state index contributed by atoms with van der Waals surface area (Å²) in [5.41, 5.74) is 1.35. The third-order valence-electron chi connectivity index (χ3n) is 7.25. The quantitative estimate of drug-likeness (QED) is 0.565. The van der Waals surface area contributed by atoms with E-state index in [9.17, 15) is 18.0 Å². The molecule has 188 valence electrons. The fourth-order valence-corrected chi connectivity index (χ4v) is 6.77. The second kappa shape index (κ2) is 10.6. The first-order valence-corrected chi connectivity index (χ1v) is 14.0. The zero-order valence-electron chi connectivity index (χ0n) is 20.3. The third-order valence-corrected chi connectivity index (χ3v) is 9.14. The van der Waals surface area contributed by atoms with Gasteiger partial charge in [-0.3, -0.25) is 14.5 Å². The average Bonchev–Trinajstić information content (AvgIpc) is 3.40. The summed E-state index contributed by atoms with van der Waals surface area (Å²) in [6.45, 7) is 8.93. The van der Waals surface area contributed by atoms with Gasteiger partial charge in [0.05, 0.1) is 16.3 Å². The number of piperidine rings is 1. The van der Waals surface area contributed by atoms with Gasteiger partial charge < -0.3 is 15.1 Å². The van der Waals surface area contributed by atoms with Gasteiger partial charge in [-0.15, -0.1) is 0 Å². The highest BCUT2D eigenvalue weighted by atomic mass is 32.2. The van der Waals surface area contributed by atoms with Crippen molar-refractivity contribution in [3.8, 4) is 0 Å². The maximum atomic E-state index is 13.5. The van der Waals surface area contributed by atoms with Gasteiger partial charge in [0.1, 0.15) is 12.6 Å². The summed E-state index contributed by atoms with van der Waals surface area (Å²) in [5, 5.41) is 2.93. The SMILES string of the molecule is CCN(CC)CCNC(=O)CN1C(=O)C2CCCCN2c2ccc(S(=O)(=O)N3CCCC3)cc21. The van der Waals surface area contributed by atoms with Crippen molar-refractivity contribution in [2.45, 2.75) is 56.9 Å². The molecule has 1 aromatic carbocycles. The van der Waals surface area contributed by atoms with Gasteiger partial charge in [-0.25, -0.2) is 8.42 Å². The monoisotopic (exact) mass is 491 g/mol. The topological polar surface area (TPSA) is 93.3 Å². The molecule has 3 aliphatic heterocycles. The van der Waals surface area contributed by atoms with Crippen LogP contribution in [0.4, 0.5) is 11.4 Å². The lowest BCUT2D eigenvalue weighted by Crippen LogP contribution is -2.57. The highest BCUT2D eigenvalue weighted by Crippen LogP contribution is 2.41. The molecule has 0 saturated carbocycles. The number of sulfonamides is 1. The number of hydrogen-bond acceptors (Lipinski definition) is 6. The average molecular weight is 492 g/mol. The second-order valence-corrected chi connectivity index (χ2v) is 11.2. The van der Waals surface area contributed by atoms with Gasteiger partial charge in [0.15, 0.2) is 0 Å².